The first-order chi connectivity index (χ1) is 13.8. The molecule has 10 heteroatoms. The second kappa shape index (κ2) is 7.65. The number of hydrogen-bond donors (Lipinski definition) is 1. The lowest BCUT2D eigenvalue weighted by Gasteiger charge is -2.34. The molecule has 0 radical (unpaired) electrons. The molecule has 0 saturated heterocycles. The summed E-state index contributed by atoms with van der Waals surface area (Å²) in [5.41, 5.74) is 2.01. The van der Waals surface area contributed by atoms with Crippen LogP contribution in [0.25, 0.3) is 10.2 Å². The Morgan fingerprint density at radius 1 is 1.31 bits per heavy atom. The fraction of sp³-hybridized carbons (Fsp3) is 0.211. The minimum Gasteiger partial charge on any atom is -0.481 e. The van der Waals surface area contributed by atoms with Gasteiger partial charge in [0.1, 0.15) is 10.8 Å². The van der Waals surface area contributed by atoms with Gasteiger partial charge >= 0.3 is 5.97 Å². The van der Waals surface area contributed by atoms with Crippen LogP contribution >= 0.6 is 46.1 Å². The van der Waals surface area contributed by atoms with Crippen molar-refractivity contribution in [3.8, 4) is 5.75 Å². The summed E-state index contributed by atoms with van der Waals surface area (Å²) in [7, 11) is 0. The molecule has 0 aliphatic carbocycles. The fourth-order valence-electron chi connectivity index (χ4n) is 3.23. The highest BCUT2D eigenvalue weighted by atomic mass is 35.5. The number of rotatable bonds is 4. The van der Waals surface area contributed by atoms with Crippen molar-refractivity contribution in [2.75, 3.05) is 4.90 Å². The van der Waals surface area contributed by atoms with Crippen molar-refractivity contribution in [1.82, 2.24) is 4.98 Å². The van der Waals surface area contributed by atoms with Crippen molar-refractivity contribution < 1.29 is 19.4 Å². The van der Waals surface area contributed by atoms with E-state index in [9.17, 15) is 9.59 Å². The Morgan fingerprint density at radius 3 is 2.79 bits per heavy atom. The largest absolute Gasteiger partial charge is 0.481 e. The predicted molar refractivity (Wildman–Crippen MR) is 114 cm³/mol. The van der Waals surface area contributed by atoms with Crippen molar-refractivity contribution in [3.05, 3.63) is 49.9 Å². The van der Waals surface area contributed by atoms with Crippen LogP contribution in [-0.2, 0) is 16.1 Å². The van der Waals surface area contributed by atoms with E-state index in [1.807, 2.05) is 13.0 Å². The van der Waals surface area contributed by atoms with Crippen LogP contribution < -0.4 is 9.64 Å². The van der Waals surface area contributed by atoms with Gasteiger partial charge in [0, 0.05) is 0 Å². The van der Waals surface area contributed by atoms with E-state index in [2.05, 4.69) is 4.98 Å². The Kier molecular flexibility index (Phi) is 5.33. The molecule has 1 N–H and O–H groups in total. The molecule has 0 saturated carbocycles. The summed E-state index contributed by atoms with van der Waals surface area (Å²) < 4.78 is 6.34. The Morgan fingerprint density at radius 2 is 2.07 bits per heavy atom. The first kappa shape index (κ1) is 20.2. The van der Waals surface area contributed by atoms with Gasteiger partial charge in [-0.3, -0.25) is 14.5 Å². The monoisotopic (exact) mass is 470 g/mol. The number of ether oxygens (including phenoxy) is 1. The summed E-state index contributed by atoms with van der Waals surface area (Å²) in [6, 6.07) is 6.99. The Balaban J connectivity index is 1.77. The van der Waals surface area contributed by atoms with Gasteiger partial charge in [0.05, 0.1) is 43.9 Å². The van der Waals surface area contributed by atoms with Crippen molar-refractivity contribution in [3.63, 3.8) is 0 Å². The zero-order valence-corrected chi connectivity index (χ0v) is 18.0. The van der Waals surface area contributed by atoms with Gasteiger partial charge < -0.3 is 9.84 Å². The van der Waals surface area contributed by atoms with Crippen LogP contribution in [0.4, 0.5) is 5.69 Å². The van der Waals surface area contributed by atoms with E-state index in [-0.39, 0.29) is 11.6 Å². The number of halogens is 3. The Hall–Kier alpha value is -2.06. The summed E-state index contributed by atoms with van der Waals surface area (Å²) in [5.74, 6) is -1.09. The first-order valence-corrected chi connectivity index (χ1v) is 10.4. The molecule has 1 aliphatic rings. The average molecular weight is 472 g/mol. The molecule has 0 fully saturated rings. The molecule has 1 unspecified atom stereocenters. The summed E-state index contributed by atoms with van der Waals surface area (Å²) in [4.78, 5) is 30.2. The lowest BCUT2D eigenvalue weighted by Crippen LogP contribution is -2.46. The number of amides is 1. The molecular weight excluding hydrogens is 459 g/mol. The molecule has 0 bridgehead atoms. The van der Waals surface area contributed by atoms with Crippen LogP contribution in [0.3, 0.4) is 0 Å². The summed E-state index contributed by atoms with van der Waals surface area (Å²) >= 11 is 19.8. The van der Waals surface area contributed by atoms with E-state index in [0.717, 1.165) is 5.56 Å². The van der Waals surface area contributed by atoms with Gasteiger partial charge in [0.15, 0.2) is 6.10 Å². The number of carbonyl (C=O) groups excluding carboxylic acids is 1. The number of aryl methyl sites for hydroxylation is 1. The fourth-order valence-corrected chi connectivity index (χ4v) is 4.97. The topological polar surface area (TPSA) is 79.7 Å². The number of para-hydroxylation sites is 1. The van der Waals surface area contributed by atoms with Crippen LogP contribution in [0.1, 0.15) is 17.0 Å². The number of hydrogen-bond acceptors (Lipinski definition) is 5. The number of aliphatic carboxylic acids is 1. The van der Waals surface area contributed by atoms with Gasteiger partial charge in [-0.2, -0.15) is 0 Å². The lowest BCUT2D eigenvalue weighted by atomic mass is 10.1. The molecule has 1 aromatic heterocycles. The zero-order valence-electron chi connectivity index (χ0n) is 14.9. The van der Waals surface area contributed by atoms with E-state index in [1.54, 1.807) is 18.2 Å². The van der Waals surface area contributed by atoms with Crippen LogP contribution in [0, 0.1) is 6.92 Å². The predicted octanol–water partition coefficient (Wildman–Crippen LogP) is 5.33. The molecule has 6 nitrogen and oxygen atoms in total. The molecule has 2 aromatic carbocycles. The molecule has 1 atom stereocenters. The standard InChI is InChI=1S/C19H13Cl3N2O4S/c1-8-3-2-4-11-17(8)24(19(27)12(28-11)6-14(25)26)7-13-23-10-5-9(20)15(21)16(22)18(10)29-13/h2-5,12H,6-7H2,1H3,(H,25,26). The third kappa shape index (κ3) is 3.64. The molecular formula is C19H13Cl3N2O4S. The SMILES string of the molecule is Cc1cccc2c1N(Cc1nc3cc(Cl)c(Cl)c(Cl)c3s1)C(=O)C(CC(=O)O)O2. The van der Waals surface area contributed by atoms with E-state index in [4.69, 9.17) is 44.6 Å². The Bertz CT molecular complexity index is 1160. The number of aromatic nitrogens is 1. The number of fused-ring (bicyclic) bond motifs is 2. The molecule has 1 aliphatic heterocycles. The average Bonchev–Trinajstić information content (AvgIpc) is 3.05. The number of carbonyl (C=O) groups is 2. The van der Waals surface area contributed by atoms with E-state index < -0.39 is 24.4 Å². The Labute approximate surface area is 184 Å². The molecule has 4 rings (SSSR count). The second-order valence-corrected chi connectivity index (χ2v) is 8.74. The smallest absolute Gasteiger partial charge is 0.307 e. The molecule has 3 aromatic rings. The van der Waals surface area contributed by atoms with Gasteiger partial charge in [0.25, 0.3) is 5.91 Å². The summed E-state index contributed by atoms with van der Waals surface area (Å²) in [6.07, 6.45) is -1.54. The van der Waals surface area contributed by atoms with Gasteiger partial charge in [-0.1, -0.05) is 46.9 Å². The number of anilines is 1. The minimum absolute atomic E-state index is 0.140. The highest BCUT2D eigenvalue weighted by Crippen LogP contribution is 2.42. The van der Waals surface area contributed by atoms with E-state index in [1.165, 1.54) is 16.2 Å². The highest BCUT2D eigenvalue weighted by molar-refractivity contribution is 7.19. The molecule has 2 heterocycles. The number of thiazole rings is 1. The maximum atomic E-state index is 13.0. The quantitative estimate of drug-likeness (QED) is 0.520. The van der Waals surface area contributed by atoms with Crippen LogP contribution in [0.2, 0.25) is 15.1 Å². The number of benzene rings is 2. The van der Waals surface area contributed by atoms with Gasteiger partial charge in [-0.15, -0.1) is 11.3 Å². The maximum Gasteiger partial charge on any atom is 0.307 e. The molecule has 150 valence electrons. The molecule has 29 heavy (non-hydrogen) atoms. The van der Waals surface area contributed by atoms with Gasteiger partial charge in [-0.05, 0) is 24.6 Å². The lowest BCUT2D eigenvalue weighted by molar-refractivity contribution is -0.142. The van der Waals surface area contributed by atoms with Crippen LogP contribution in [0.5, 0.6) is 5.75 Å². The number of nitrogens with zero attached hydrogens (tertiary/aromatic N) is 2. The number of carboxylic acid groups (broad SMARTS) is 1. The molecule has 1 amide bonds. The van der Waals surface area contributed by atoms with Crippen molar-refractivity contribution >= 4 is 73.9 Å². The van der Waals surface area contributed by atoms with Crippen LogP contribution in [0.15, 0.2) is 24.3 Å². The minimum atomic E-state index is -1.12. The second-order valence-electron chi connectivity index (χ2n) is 6.49. The summed E-state index contributed by atoms with van der Waals surface area (Å²) in [5, 5.41) is 10.6. The van der Waals surface area contributed by atoms with E-state index >= 15 is 0 Å². The third-order valence-electron chi connectivity index (χ3n) is 4.50. The van der Waals surface area contributed by atoms with Gasteiger partial charge in [0.2, 0.25) is 0 Å². The van der Waals surface area contributed by atoms with Crippen molar-refractivity contribution in [2.24, 2.45) is 0 Å². The number of carboxylic acids is 1. The highest BCUT2D eigenvalue weighted by Gasteiger charge is 2.37. The van der Waals surface area contributed by atoms with E-state index in [0.29, 0.717) is 36.7 Å². The zero-order chi connectivity index (χ0) is 20.9. The van der Waals surface area contributed by atoms with Crippen molar-refractivity contribution in [2.45, 2.75) is 26.0 Å². The normalized spacial score (nSPS) is 16.1. The third-order valence-corrected chi connectivity index (χ3v) is 6.95. The maximum absolute atomic E-state index is 13.0. The van der Waals surface area contributed by atoms with Crippen LogP contribution in [-0.4, -0.2) is 28.1 Å². The molecule has 0 spiro atoms. The van der Waals surface area contributed by atoms with Gasteiger partial charge in [-0.25, -0.2) is 4.98 Å². The van der Waals surface area contributed by atoms with Crippen molar-refractivity contribution in [1.29, 1.82) is 0 Å². The first-order valence-electron chi connectivity index (χ1n) is 8.48. The summed E-state index contributed by atoms with van der Waals surface area (Å²) in [6.45, 7) is 2.00.